The van der Waals surface area contributed by atoms with E-state index in [2.05, 4.69) is 0 Å². The molecule has 2 aliphatic rings. The Labute approximate surface area is 168 Å². The van der Waals surface area contributed by atoms with Crippen molar-refractivity contribution in [1.29, 1.82) is 0 Å². The number of hydrogen-bond acceptors (Lipinski definition) is 4. The van der Waals surface area contributed by atoms with Crippen LogP contribution in [0.4, 0.5) is 13.2 Å². The molecule has 1 fully saturated rings. The Bertz CT molecular complexity index is 796. The summed E-state index contributed by atoms with van der Waals surface area (Å²) in [7, 11) is 0. The average Bonchev–Trinajstić information content (AvgIpc) is 3.08. The summed E-state index contributed by atoms with van der Waals surface area (Å²) in [4.78, 5) is 27.6. The zero-order valence-electron chi connectivity index (χ0n) is 16.7. The largest absolute Gasteiger partial charge is 0.466 e. The van der Waals surface area contributed by atoms with E-state index < -0.39 is 29.0 Å². The van der Waals surface area contributed by atoms with Gasteiger partial charge in [0.05, 0.1) is 23.5 Å². The first kappa shape index (κ1) is 21.6. The number of carbonyl (C=O) groups is 2. The van der Waals surface area contributed by atoms with Gasteiger partial charge in [0.25, 0.3) is 0 Å². The maximum Gasteiger partial charge on any atom is 0.416 e. The van der Waals surface area contributed by atoms with Crippen LogP contribution in [-0.4, -0.2) is 36.0 Å². The van der Waals surface area contributed by atoms with Gasteiger partial charge in [0.2, 0.25) is 5.91 Å². The summed E-state index contributed by atoms with van der Waals surface area (Å²) >= 11 is 0. The number of alkyl halides is 3. The van der Waals surface area contributed by atoms with Gasteiger partial charge in [-0.15, -0.1) is 0 Å². The molecule has 3 atom stereocenters. The number of hydrogen-bond donors (Lipinski definition) is 1. The molecule has 8 heteroatoms. The van der Waals surface area contributed by atoms with Crippen molar-refractivity contribution in [2.45, 2.75) is 58.3 Å². The van der Waals surface area contributed by atoms with Gasteiger partial charge in [-0.05, 0) is 55.9 Å². The Morgan fingerprint density at radius 2 is 2.07 bits per heavy atom. The number of ether oxygens (including phenoxy) is 1. The number of rotatable bonds is 4. The molecule has 0 saturated heterocycles. The highest BCUT2D eigenvalue weighted by atomic mass is 19.4. The van der Waals surface area contributed by atoms with Crippen LogP contribution < -0.4 is 5.73 Å². The van der Waals surface area contributed by atoms with E-state index in [0.717, 1.165) is 17.7 Å². The molecular weight excluding hydrogens is 385 g/mol. The third kappa shape index (κ3) is 4.13. The quantitative estimate of drug-likeness (QED) is 0.771. The highest BCUT2D eigenvalue weighted by Crippen LogP contribution is 2.46. The lowest BCUT2D eigenvalue weighted by Crippen LogP contribution is -2.50. The maximum atomic E-state index is 13.6. The van der Waals surface area contributed by atoms with Crippen LogP contribution in [0, 0.1) is 11.3 Å². The fourth-order valence-corrected chi connectivity index (χ4v) is 4.60. The standard InChI is InChI=1S/C21H27F3N2O3/c1-3-29-18(27)13(2)20(8-6-17(25)11-20)19(28)26-9-7-14-4-5-16(21(22,23)24)10-15(14)12-26/h4-5,10,13,17H,3,6-9,11-12,25H2,1-2H3/t13-,17-,20+/m1/s1. The van der Waals surface area contributed by atoms with Crippen molar-refractivity contribution in [1.82, 2.24) is 4.90 Å². The molecule has 2 N–H and O–H groups in total. The molecule has 3 rings (SSSR count). The van der Waals surface area contributed by atoms with Crippen LogP contribution in [0.3, 0.4) is 0 Å². The Morgan fingerprint density at radius 3 is 2.66 bits per heavy atom. The highest BCUT2D eigenvalue weighted by Gasteiger charge is 2.53. The van der Waals surface area contributed by atoms with Crippen molar-refractivity contribution in [3.8, 4) is 0 Å². The van der Waals surface area contributed by atoms with Crippen LogP contribution in [0.15, 0.2) is 18.2 Å². The molecule has 1 amide bonds. The van der Waals surface area contributed by atoms with Crippen molar-refractivity contribution in [2.24, 2.45) is 17.1 Å². The molecule has 0 bridgehead atoms. The molecule has 1 heterocycles. The van der Waals surface area contributed by atoms with Crippen molar-refractivity contribution < 1.29 is 27.5 Å². The highest BCUT2D eigenvalue weighted by molar-refractivity contribution is 5.89. The van der Waals surface area contributed by atoms with Gasteiger partial charge in [0, 0.05) is 19.1 Å². The molecule has 1 aliphatic carbocycles. The lowest BCUT2D eigenvalue weighted by atomic mass is 9.72. The van der Waals surface area contributed by atoms with Crippen molar-refractivity contribution in [3.05, 3.63) is 34.9 Å². The third-order valence-corrected chi connectivity index (χ3v) is 6.32. The number of benzene rings is 1. The van der Waals surface area contributed by atoms with Crippen LogP contribution in [0.25, 0.3) is 0 Å². The van der Waals surface area contributed by atoms with Gasteiger partial charge in [0.15, 0.2) is 0 Å². The second-order valence-electron chi connectivity index (χ2n) is 8.09. The third-order valence-electron chi connectivity index (χ3n) is 6.32. The number of halogens is 3. The molecule has 0 spiro atoms. The molecule has 1 aliphatic heterocycles. The topological polar surface area (TPSA) is 72.6 Å². The number of nitrogens with two attached hydrogens (primary N) is 1. The van der Waals surface area contributed by atoms with Crippen LogP contribution in [0.2, 0.25) is 0 Å². The van der Waals surface area contributed by atoms with E-state index in [4.69, 9.17) is 10.5 Å². The fraction of sp³-hybridized carbons (Fsp3) is 0.619. The average molecular weight is 412 g/mol. The van der Waals surface area contributed by atoms with E-state index in [-0.39, 0.29) is 25.1 Å². The minimum atomic E-state index is -4.43. The predicted octanol–water partition coefficient (Wildman–Crippen LogP) is 3.29. The molecular formula is C21H27F3N2O3. The van der Waals surface area contributed by atoms with Crippen LogP contribution >= 0.6 is 0 Å². The molecule has 0 unspecified atom stereocenters. The van der Waals surface area contributed by atoms with Gasteiger partial charge in [-0.2, -0.15) is 13.2 Å². The predicted molar refractivity (Wildman–Crippen MR) is 101 cm³/mol. The molecule has 29 heavy (non-hydrogen) atoms. The summed E-state index contributed by atoms with van der Waals surface area (Å²) in [5, 5.41) is 0. The normalized spacial score (nSPS) is 25.4. The Kier molecular flexibility index (Phi) is 5.94. The number of nitrogens with zero attached hydrogens (tertiary/aromatic N) is 1. The molecule has 0 aromatic heterocycles. The number of fused-ring (bicyclic) bond motifs is 1. The van der Waals surface area contributed by atoms with Gasteiger partial charge in [-0.25, -0.2) is 0 Å². The summed E-state index contributed by atoms with van der Waals surface area (Å²) in [6.07, 6.45) is -2.48. The second-order valence-corrected chi connectivity index (χ2v) is 8.09. The molecule has 1 saturated carbocycles. The second kappa shape index (κ2) is 7.97. The zero-order valence-corrected chi connectivity index (χ0v) is 16.7. The van der Waals surface area contributed by atoms with E-state index in [1.54, 1.807) is 18.7 Å². The monoisotopic (exact) mass is 412 g/mol. The van der Waals surface area contributed by atoms with E-state index in [9.17, 15) is 22.8 Å². The Hall–Kier alpha value is -2.09. The maximum absolute atomic E-state index is 13.6. The van der Waals surface area contributed by atoms with Crippen molar-refractivity contribution in [3.63, 3.8) is 0 Å². The lowest BCUT2D eigenvalue weighted by Gasteiger charge is -2.39. The SMILES string of the molecule is CCOC(=O)[C@@H](C)[C@]1(C(=O)N2CCc3ccc(C(F)(F)F)cc3C2)CC[C@@H](N)C1. The lowest BCUT2D eigenvalue weighted by molar-refractivity contribution is -0.161. The van der Waals surface area contributed by atoms with E-state index in [1.165, 1.54) is 6.07 Å². The zero-order chi connectivity index (χ0) is 21.4. The first-order valence-electron chi connectivity index (χ1n) is 9.99. The minimum Gasteiger partial charge on any atom is -0.466 e. The van der Waals surface area contributed by atoms with Gasteiger partial charge >= 0.3 is 12.1 Å². The van der Waals surface area contributed by atoms with Gasteiger partial charge in [-0.3, -0.25) is 9.59 Å². The van der Waals surface area contributed by atoms with E-state index in [1.807, 2.05) is 0 Å². The minimum absolute atomic E-state index is 0.102. The smallest absolute Gasteiger partial charge is 0.416 e. The molecule has 160 valence electrons. The summed E-state index contributed by atoms with van der Waals surface area (Å²) < 4.78 is 44.4. The molecule has 1 aromatic carbocycles. The number of carbonyl (C=O) groups excluding carboxylic acids is 2. The summed E-state index contributed by atoms with van der Waals surface area (Å²) in [6.45, 7) is 4.12. The molecule has 5 nitrogen and oxygen atoms in total. The van der Waals surface area contributed by atoms with Crippen molar-refractivity contribution in [2.75, 3.05) is 13.2 Å². The van der Waals surface area contributed by atoms with Gasteiger partial charge in [-0.1, -0.05) is 13.0 Å². The van der Waals surface area contributed by atoms with Crippen molar-refractivity contribution >= 4 is 11.9 Å². The van der Waals surface area contributed by atoms with Crippen LogP contribution in [-0.2, 0) is 33.5 Å². The Morgan fingerprint density at radius 1 is 1.34 bits per heavy atom. The first-order valence-corrected chi connectivity index (χ1v) is 9.99. The van der Waals surface area contributed by atoms with Crippen LogP contribution in [0.1, 0.15) is 49.8 Å². The number of esters is 1. The van der Waals surface area contributed by atoms with Gasteiger partial charge in [0.1, 0.15) is 0 Å². The van der Waals surface area contributed by atoms with E-state index >= 15 is 0 Å². The summed E-state index contributed by atoms with van der Waals surface area (Å²) in [5.41, 5.74) is 5.72. The van der Waals surface area contributed by atoms with E-state index in [0.29, 0.717) is 37.8 Å². The van der Waals surface area contributed by atoms with Crippen LogP contribution in [0.5, 0.6) is 0 Å². The fourth-order valence-electron chi connectivity index (χ4n) is 4.60. The molecule has 0 radical (unpaired) electrons. The van der Waals surface area contributed by atoms with Gasteiger partial charge < -0.3 is 15.4 Å². The number of amides is 1. The first-order chi connectivity index (χ1) is 13.6. The summed E-state index contributed by atoms with van der Waals surface area (Å²) in [5.74, 6) is -1.31. The summed E-state index contributed by atoms with van der Waals surface area (Å²) in [6, 6.07) is 3.50. The molecule has 1 aromatic rings. The Balaban J connectivity index is 1.87.